The summed E-state index contributed by atoms with van der Waals surface area (Å²) in [4.78, 5) is 27.6. The number of carbonyl (C=O) groups excluding carboxylic acids is 2. The molecule has 3 rings (SSSR count). The van der Waals surface area contributed by atoms with E-state index in [2.05, 4.69) is 26.0 Å². The number of benzene rings is 1. The molecule has 2 N–H and O–H groups in total. The van der Waals surface area contributed by atoms with E-state index in [1.165, 1.54) is 24.3 Å². The second-order valence-electron chi connectivity index (χ2n) is 5.00. The van der Waals surface area contributed by atoms with Crippen LogP contribution in [-0.2, 0) is 4.79 Å². The van der Waals surface area contributed by atoms with Crippen LogP contribution in [-0.4, -0.2) is 37.3 Å². The van der Waals surface area contributed by atoms with Crippen LogP contribution in [0.25, 0.3) is 5.69 Å². The van der Waals surface area contributed by atoms with Crippen molar-refractivity contribution in [2.45, 2.75) is 5.16 Å². The average Bonchev–Trinajstić information content (AvgIpc) is 3.14. The summed E-state index contributed by atoms with van der Waals surface area (Å²) < 4.78 is 1.72. The second-order valence-corrected chi connectivity index (χ2v) is 6.37. The molecule has 0 saturated carbocycles. The molecule has 10 heteroatoms. The Morgan fingerprint density at radius 1 is 1.19 bits per heavy atom. The van der Waals surface area contributed by atoms with Gasteiger partial charge in [-0.3, -0.25) is 30.0 Å². The number of hydrogen-bond acceptors (Lipinski definition) is 6. The molecule has 0 aliphatic carbocycles. The van der Waals surface area contributed by atoms with Gasteiger partial charge in [0.05, 0.1) is 17.0 Å². The average molecular weight is 389 g/mol. The zero-order chi connectivity index (χ0) is 18.4. The number of carbonyl (C=O) groups is 2. The van der Waals surface area contributed by atoms with E-state index in [-0.39, 0.29) is 11.7 Å². The highest BCUT2D eigenvalue weighted by atomic mass is 35.5. The minimum Gasteiger partial charge on any atom is -0.277 e. The second kappa shape index (κ2) is 8.45. The number of aromatic nitrogens is 4. The summed E-state index contributed by atoms with van der Waals surface area (Å²) in [5.74, 6) is -0.779. The summed E-state index contributed by atoms with van der Waals surface area (Å²) >= 11 is 7.17. The van der Waals surface area contributed by atoms with Crippen molar-refractivity contribution in [3.05, 3.63) is 65.7 Å². The Labute approximate surface area is 158 Å². The summed E-state index contributed by atoms with van der Waals surface area (Å²) in [6.07, 6.45) is 4.50. The summed E-state index contributed by atoms with van der Waals surface area (Å²) in [5, 5.41) is 8.97. The molecule has 26 heavy (non-hydrogen) atoms. The molecule has 2 amide bonds. The van der Waals surface area contributed by atoms with Crippen LogP contribution in [0.1, 0.15) is 10.4 Å². The number of amides is 2. The fraction of sp³-hybridized carbons (Fsp3) is 0.0625. The third kappa shape index (κ3) is 4.58. The van der Waals surface area contributed by atoms with Gasteiger partial charge < -0.3 is 0 Å². The molecule has 0 spiro atoms. The number of hydrogen-bond donors (Lipinski definition) is 2. The topological polar surface area (TPSA) is 102 Å². The van der Waals surface area contributed by atoms with Gasteiger partial charge in [-0.2, -0.15) is 0 Å². The maximum Gasteiger partial charge on any atom is 0.271 e. The molecule has 1 aromatic carbocycles. The summed E-state index contributed by atoms with van der Waals surface area (Å²) in [6, 6.07) is 10.4. The molecule has 0 saturated heterocycles. The van der Waals surface area contributed by atoms with Gasteiger partial charge in [0.25, 0.3) is 5.91 Å². The largest absolute Gasteiger partial charge is 0.277 e. The Hall–Kier alpha value is -2.91. The van der Waals surface area contributed by atoms with Crippen LogP contribution in [0.15, 0.2) is 60.3 Å². The lowest BCUT2D eigenvalue weighted by molar-refractivity contribution is -0.119. The Bertz CT molecular complexity index is 918. The Balaban J connectivity index is 1.54. The molecule has 0 radical (unpaired) electrons. The van der Waals surface area contributed by atoms with E-state index >= 15 is 0 Å². The van der Waals surface area contributed by atoms with Crippen molar-refractivity contribution in [1.82, 2.24) is 30.6 Å². The molecule has 3 aromatic rings. The van der Waals surface area contributed by atoms with Gasteiger partial charge in [0.2, 0.25) is 5.91 Å². The van der Waals surface area contributed by atoms with Gasteiger partial charge in [-0.15, -0.1) is 10.2 Å². The van der Waals surface area contributed by atoms with Crippen LogP contribution < -0.4 is 10.9 Å². The van der Waals surface area contributed by atoms with Crippen molar-refractivity contribution >= 4 is 35.2 Å². The smallest absolute Gasteiger partial charge is 0.271 e. The van der Waals surface area contributed by atoms with E-state index in [9.17, 15) is 9.59 Å². The molecular weight excluding hydrogens is 376 g/mol. The number of thioether (sulfide) groups is 1. The first kappa shape index (κ1) is 17.9. The molecule has 0 unspecified atom stereocenters. The van der Waals surface area contributed by atoms with Crippen molar-refractivity contribution in [3.8, 4) is 5.69 Å². The maximum absolute atomic E-state index is 11.9. The fourth-order valence-electron chi connectivity index (χ4n) is 1.99. The Morgan fingerprint density at radius 3 is 2.85 bits per heavy atom. The van der Waals surface area contributed by atoms with Crippen molar-refractivity contribution in [2.24, 2.45) is 0 Å². The van der Waals surface area contributed by atoms with Crippen molar-refractivity contribution < 1.29 is 9.59 Å². The first-order chi connectivity index (χ1) is 12.6. The molecule has 8 nitrogen and oxygen atoms in total. The highest BCUT2D eigenvalue weighted by Gasteiger charge is 2.11. The van der Waals surface area contributed by atoms with Crippen LogP contribution in [0, 0.1) is 0 Å². The molecule has 132 valence electrons. The number of hydrazine groups is 1. The quantitative estimate of drug-likeness (QED) is 0.511. The van der Waals surface area contributed by atoms with E-state index in [4.69, 9.17) is 11.6 Å². The Morgan fingerprint density at radius 2 is 2.08 bits per heavy atom. The summed E-state index contributed by atoms with van der Waals surface area (Å²) in [6.45, 7) is 0. The van der Waals surface area contributed by atoms with Crippen molar-refractivity contribution in [1.29, 1.82) is 0 Å². The zero-order valence-electron chi connectivity index (χ0n) is 13.3. The van der Waals surface area contributed by atoms with E-state index in [0.717, 1.165) is 5.69 Å². The molecule has 2 heterocycles. The van der Waals surface area contributed by atoms with E-state index in [1.54, 1.807) is 35.0 Å². The lowest BCUT2D eigenvalue weighted by Gasteiger charge is -2.08. The SMILES string of the molecule is O=C(CSc1nncn1-c1cccc(Cl)c1)NNC(=O)c1cccnc1. The number of halogens is 1. The number of rotatable bonds is 5. The molecule has 0 aliphatic heterocycles. The third-order valence-electron chi connectivity index (χ3n) is 3.17. The first-order valence-corrected chi connectivity index (χ1v) is 8.78. The molecular formula is C16H13ClN6O2S. The molecule has 0 aliphatic rings. The predicted molar refractivity (Wildman–Crippen MR) is 96.9 cm³/mol. The summed E-state index contributed by atoms with van der Waals surface area (Å²) in [5.41, 5.74) is 5.81. The van der Waals surface area contributed by atoms with Gasteiger partial charge in [-0.05, 0) is 30.3 Å². The van der Waals surface area contributed by atoms with Gasteiger partial charge in [-0.25, -0.2) is 0 Å². The minimum atomic E-state index is -0.446. The van der Waals surface area contributed by atoms with Gasteiger partial charge in [-0.1, -0.05) is 29.4 Å². The van der Waals surface area contributed by atoms with Gasteiger partial charge in [0.15, 0.2) is 5.16 Å². The standard InChI is InChI=1S/C16H13ClN6O2S/c17-12-4-1-5-13(7-12)23-10-19-22-16(23)26-9-14(24)20-21-15(25)11-3-2-6-18-8-11/h1-8,10H,9H2,(H,20,24)(H,21,25). The number of pyridine rings is 1. The molecule has 0 atom stereocenters. The normalized spacial score (nSPS) is 10.3. The van der Waals surface area contributed by atoms with Crippen molar-refractivity contribution in [2.75, 3.05) is 5.75 Å². The molecule has 2 aromatic heterocycles. The zero-order valence-corrected chi connectivity index (χ0v) is 14.9. The maximum atomic E-state index is 11.9. The van der Waals surface area contributed by atoms with Crippen LogP contribution in [0.5, 0.6) is 0 Å². The third-order valence-corrected chi connectivity index (χ3v) is 4.35. The lowest BCUT2D eigenvalue weighted by Crippen LogP contribution is -2.42. The van der Waals surface area contributed by atoms with E-state index < -0.39 is 5.91 Å². The highest BCUT2D eigenvalue weighted by Crippen LogP contribution is 2.21. The van der Waals surface area contributed by atoms with Gasteiger partial charge in [0.1, 0.15) is 6.33 Å². The van der Waals surface area contributed by atoms with Gasteiger partial charge in [0, 0.05) is 17.4 Å². The van der Waals surface area contributed by atoms with Crippen LogP contribution in [0.4, 0.5) is 0 Å². The van der Waals surface area contributed by atoms with Gasteiger partial charge >= 0.3 is 0 Å². The van der Waals surface area contributed by atoms with Crippen molar-refractivity contribution in [3.63, 3.8) is 0 Å². The highest BCUT2D eigenvalue weighted by molar-refractivity contribution is 7.99. The molecule has 0 fully saturated rings. The predicted octanol–water partition coefficient (Wildman–Crippen LogP) is 1.87. The Kier molecular flexibility index (Phi) is 5.82. The van der Waals surface area contributed by atoms with E-state index in [1.807, 2.05) is 12.1 Å². The first-order valence-electron chi connectivity index (χ1n) is 7.41. The van der Waals surface area contributed by atoms with Crippen LogP contribution >= 0.6 is 23.4 Å². The van der Waals surface area contributed by atoms with Crippen LogP contribution in [0.3, 0.4) is 0 Å². The fourth-order valence-corrected chi connectivity index (χ4v) is 2.90. The minimum absolute atomic E-state index is 0.0482. The van der Waals surface area contributed by atoms with E-state index in [0.29, 0.717) is 15.7 Å². The molecule has 0 bridgehead atoms. The number of nitrogens with one attached hydrogen (secondary N) is 2. The lowest BCUT2D eigenvalue weighted by atomic mass is 10.3. The summed E-state index contributed by atoms with van der Waals surface area (Å²) in [7, 11) is 0. The number of nitrogens with zero attached hydrogens (tertiary/aromatic N) is 4. The monoisotopic (exact) mass is 388 g/mol. The van der Waals surface area contributed by atoms with Crippen LogP contribution in [0.2, 0.25) is 5.02 Å².